The Labute approximate surface area is 124 Å². The fourth-order valence-corrected chi connectivity index (χ4v) is 2.70. The highest BCUT2D eigenvalue weighted by Gasteiger charge is 2.26. The normalized spacial score (nSPS) is 15.4. The Bertz CT molecular complexity index is 593. The van der Waals surface area contributed by atoms with Crippen molar-refractivity contribution >= 4 is 0 Å². The average molecular weight is 287 g/mol. The molecule has 1 fully saturated rings. The molecule has 0 radical (unpaired) electrons. The summed E-state index contributed by atoms with van der Waals surface area (Å²) in [5, 5.41) is 13.3. The molecule has 1 aliphatic carbocycles. The molecule has 112 valence electrons. The van der Waals surface area contributed by atoms with Gasteiger partial charge >= 0.3 is 0 Å². The highest BCUT2D eigenvalue weighted by atomic mass is 16.5. The number of benzene rings is 1. The van der Waals surface area contributed by atoms with Gasteiger partial charge in [0, 0.05) is 18.2 Å². The molecule has 0 bridgehead atoms. The summed E-state index contributed by atoms with van der Waals surface area (Å²) in [5.74, 6) is 1.26. The maximum Gasteiger partial charge on any atom is 0.241 e. The molecule has 21 heavy (non-hydrogen) atoms. The van der Waals surface area contributed by atoms with Gasteiger partial charge in [-0.15, -0.1) is 0 Å². The van der Waals surface area contributed by atoms with E-state index in [0.29, 0.717) is 30.8 Å². The molecule has 1 saturated carbocycles. The SMILES string of the molecule is Cc1ccccc1-c1noc(CN(CCO)C2CCC2)n1. The number of nitrogens with zero attached hydrogens (tertiary/aromatic N) is 3. The molecule has 0 unspecified atom stereocenters. The third kappa shape index (κ3) is 3.14. The molecular formula is C16H21N3O2. The van der Waals surface area contributed by atoms with Gasteiger partial charge < -0.3 is 9.63 Å². The van der Waals surface area contributed by atoms with E-state index in [-0.39, 0.29) is 6.61 Å². The first-order valence-corrected chi connectivity index (χ1v) is 7.51. The van der Waals surface area contributed by atoms with E-state index < -0.39 is 0 Å². The van der Waals surface area contributed by atoms with E-state index in [1.807, 2.05) is 31.2 Å². The van der Waals surface area contributed by atoms with Crippen LogP contribution in [0.5, 0.6) is 0 Å². The second kappa shape index (κ2) is 6.37. The first kappa shape index (κ1) is 14.2. The molecule has 5 heteroatoms. The first-order chi connectivity index (χ1) is 10.3. The van der Waals surface area contributed by atoms with Crippen LogP contribution in [0.4, 0.5) is 0 Å². The topological polar surface area (TPSA) is 62.4 Å². The minimum absolute atomic E-state index is 0.162. The summed E-state index contributed by atoms with van der Waals surface area (Å²) in [6, 6.07) is 8.56. The van der Waals surface area contributed by atoms with Crippen molar-refractivity contribution in [3.63, 3.8) is 0 Å². The van der Waals surface area contributed by atoms with Crippen LogP contribution in [0.3, 0.4) is 0 Å². The number of hydrogen-bond donors (Lipinski definition) is 1. The second-order valence-corrected chi connectivity index (χ2v) is 5.61. The molecule has 1 aromatic carbocycles. The van der Waals surface area contributed by atoms with Gasteiger partial charge in [0.1, 0.15) is 0 Å². The highest BCUT2D eigenvalue weighted by Crippen LogP contribution is 2.26. The van der Waals surface area contributed by atoms with Gasteiger partial charge in [0.05, 0.1) is 13.2 Å². The van der Waals surface area contributed by atoms with Crippen LogP contribution < -0.4 is 0 Å². The van der Waals surface area contributed by atoms with Crippen molar-refractivity contribution in [3.8, 4) is 11.4 Å². The predicted octanol–water partition coefficient (Wildman–Crippen LogP) is 2.39. The molecule has 0 atom stereocenters. The maximum absolute atomic E-state index is 9.19. The predicted molar refractivity (Wildman–Crippen MR) is 79.6 cm³/mol. The molecule has 0 saturated heterocycles. The summed E-state index contributed by atoms with van der Waals surface area (Å²) in [5.41, 5.74) is 2.14. The molecule has 1 N–H and O–H groups in total. The Kier molecular flexibility index (Phi) is 4.31. The Morgan fingerprint density at radius 3 is 2.81 bits per heavy atom. The number of aryl methyl sites for hydroxylation is 1. The van der Waals surface area contributed by atoms with E-state index in [9.17, 15) is 5.11 Å². The van der Waals surface area contributed by atoms with Gasteiger partial charge in [-0.3, -0.25) is 4.90 Å². The van der Waals surface area contributed by atoms with E-state index in [4.69, 9.17) is 4.52 Å². The van der Waals surface area contributed by atoms with Gasteiger partial charge in [-0.05, 0) is 25.3 Å². The van der Waals surface area contributed by atoms with Crippen LogP contribution in [0.25, 0.3) is 11.4 Å². The summed E-state index contributed by atoms with van der Waals surface area (Å²) in [4.78, 5) is 6.74. The van der Waals surface area contributed by atoms with E-state index in [0.717, 1.165) is 11.1 Å². The van der Waals surface area contributed by atoms with Gasteiger partial charge in [0.2, 0.25) is 11.7 Å². The lowest BCUT2D eigenvalue weighted by atomic mass is 9.91. The van der Waals surface area contributed by atoms with Crippen LogP contribution in [0, 0.1) is 6.92 Å². The molecule has 0 amide bonds. The van der Waals surface area contributed by atoms with Crippen molar-refractivity contribution in [3.05, 3.63) is 35.7 Å². The first-order valence-electron chi connectivity index (χ1n) is 7.51. The van der Waals surface area contributed by atoms with Crippen LogP contribution in [0.1, 0.15) is 30.7 Å². The number of aliphatic hydroxyl groups excluding tert-OH is 1. The Morgan fingerprint density at radius 2 is 2.14 bits per heavy atom. The zero-order valence-electron chi connectivity index (χ0n) is 12.3. The van der Waals surface area contributed by atoms with Gasteiger partial charge in [-0.1, -0.05) is 35.8 Å². The monoisotopic (exact) mass is 287 g/mol. The van der Waals surface area contributed by atoms with Crippen LogP contribution in [-0.2, 0) is 6.54 Å². The summed E-state index contributed by atoms with van der Waals surface area (Å²) in [6.45, 7) is 3.48. The molecule has 5 nitrogen and oxygen atoms in total. The maximum atomic E-state index is 9.19. The van der Waals surface area contributed by atoms with Crippen LogP contribution in [-0.4, -0.2) is 39.3 Å². The standard InChI is InChI=1S/C16H21N3O2/c1-12-5-2-3-8-14(12)16-17-15(21-18-16)11-19(9-10-20)13-6-4-7-13/h2-3,5,8,13,20H,4,6-7,9-11H2,1H3. The van der Waals surface area contributed by atoms with Crippen LogP contribution in [0.15, 0.2) is 28.8 Å². The third-order valence-electron chi connectivity index (χ3n) is 4.17. The Hall–Kier alpha value is -1.72. The largest absolute Gasteiger partial charge is 0.395 e. The molecule has 0 spiro atoms. The molecule has 2 aromatic rings. The lowest BCUT2D eigenvalue weighted by Gasteiger charge is -2.36. The highest BCUT2D eigenvalue weighted by molar-refractivity contribution is 5.58. The van der Waals surface area contributed by atoms with E-state index >= 15 is 0 Å². The average Bonchev–Trinajstić information content (AvgIpc) is 2.86. The molecule has 1 aliphatic rings. The zero-order chi connectivity index (χ0) is 14.7. The van der Waals surface area contributed by atoms with Gasteiger partial charge in [-0.25, -0.2) is 0 Å². The summed E-state index contributed by atoms with van der Waals surface area (Å²) >= 11 is 0. The molecule has 3 rings (SSSR count). The van der Waals surface area contributed by atoms with E-state index in [1.54, 1.807) is 0 Å². The van der Waals surface area contributed by atoms with Crippen molar-refractivity contribution in [2.75, 3.05) is 13.2 Å². The minimum atomic E-state index is 0.162. The smallest absolute Gasteiger partial charge is 0.241 e. The van der Waals surface area contributed by atoms with Crippen molar-refractivity contribution in [2.45, 2.75) is 38.8 Å². The van der Waals surface area contributed by atoms with Gasteiger partial charge in [0.25, 0.3) is 0 Å². The Balaban J connectivity index is 1.73. The summed E-state index contributed by atoms with van der Waals surface area (Å²) in [7, 11) is 0. The number of aliphatic hydroxyl groups is 1. The Morgan fingerprint density at radius 1 is 1.33 bits per heavy atom. The van der Waals surface area contributed by atoms with Crippen molar-refractivity contribution in [1.82, 2.24) is 15.0 Å². The lowest BCUT2D eigenvalue weighted by molar-refractivity contribution is 0.0838. The number of rotatable bonds is 6. The fraction of sp³-hybridized carbons (Fsp3) is 0.500. The van der Waals surface area contributed by atoms with Crippen molar-refractivity contribution < 1.29 is 9.63 Å². The lowest BCUT2D eigenvalue weighted by Crippen LogP contribution is -2.41. The van der Waals surface area contributed by atoms with Gasteiger partial charge in [0.15, 0.2) is 0 Å². The van der Waals surface area contributed by atoms with E-state index in [1.165, 1.54) is 19.3 Å². The molecule has 1 aromatic heterocycles. The van der Waals surface area contributed by atoms with Crippen molar-refractivity contribution in [2.24, 2.45) is 0 Å². The minimum Gasteiger partial charge on any atom is -0.395 e. The fourth-order valence-electron chi connectivity index (χ4n) is 2.70. The second-order valence-electron chi connectivity index (χ2n) is 5.61. The van der Waals surface area contributed by atoms with Gasteiger partial charge in [-0.2, -0.15) is 4.98 Å². The number of aromatic nitrogens is 2. The quantitative estimate of drug-likeness (QED) is 0.884. The van der Waals surface area contributed by atoms with Crippen LogP contribution >= 0.6 is 0 Å². The number of hydrogen-bond acceptors (Lipinski definition) is 5. The summed E-state index contributed by atoms with van der Waals surface area (Å²) < 4.78 is 5.39. The van der Waals surface area contributed by atoms with Crippen LogP contribution in [0.2, 0.25) is 0 Å². The van der Waals surface area contributed by atoms with Crippen molar-refractivity contribution in [1.29, 1.82) is 0 Å². The molecular weight excluding hydrogens is 266 g/mol. The zero-order valence-corrected chi connectivity index (χ0v) is 12.3. The third-order valence-corrected chi connectivity index (χ3v) is 4.17. The molecule has 0 aliphatic heterocycles. The van der Waals surface area contributed by atoms with E-state index in [2.05, 4.69) is 15.0 Å². The summed E-state index contributed by atoms with van der Waals surface area (Å²) in [6.07, 6.45) is 3.66. The molecule has 1 heterocycles.